The molecule has 156 valence electrons. The van der Waals surface area contributed by atoms with E-state index in [0.717, 1.165) is 45.9 Å². The van der Waals surface area contributed by atoms with E-state index in [4.69, 9.17) is 4.74 Å². The third kappa shape index (κ3) is 3.70. The molecule has 3 aromatic rings. The van der Waals surface area contributed by atoms with Crippen LogP contribution in [0.5, 0.6) is 5.75 Å². The molecule has 4 nitrogen and oxygen atoms in total. The second-order valence-electron chi connectivity index (χ2n) is 8.36. The lowest BCUT2D eigenvalue weighted by Gasteiger charge is -2.30. The zero-order valence-electron chi connectivity index (χ0n) is 17.8. The molecule has 3 aromatic carbocycles. The van der Waals surface area contributed by atoms with Gasteiger partial charge < -0.3 is 15.4 Å². The van der Waals surface area contributed by atoms with Crippen molar-refractivity contribution >= 4 is 17.2 Å². The number of anilines is 2. The number of para-hydroxylation sites is 2. The molecule has 2 aliphatic rings. The maximum absolute atomic E-state index is 13.6. The van der Waals surface area contributed by atoms with E-state index in [9.17, 15) is 4.79 Å². The largest absolute Gasteiger partial charge is 0.497 e. The molecule has 5 rings (SSSR count). The molecule has 31 heavy (non-hydrogen) atoms. The zero-order chi connectivity index (χ0) is 21.4. The van der Waals surface area contributed by atoms with Crippen LogP contribution in [0, 0.1) is 6.92 Å². The van der Waals surface area contributed by atoms with Gasteiger partial charge in [0, 0.05) is 17.7 Å². The molecule has 0 fully saturated rings. The van der Waals surface area contributed by atoms with Crippen LogP contribution >= 0.6 is 0 Å². The number of hydrogen-bond acceptors (Lipinski definition) is 4. The molecule has 0 amide bonds. The van der Waals surface area contributed by atoms with Crippen molar-refractivity contribution in [2.24, 2.45) is 0 Å². The molecule has 0 saturated carbocycles. The van der Waals surface area contributed by atoms with E-state index in [-0.39, 0.29) is 17.7 Å². The minimum absolute atomic E-state index is 0.123. The van der Waals surface area contributed by atoms with E-state index in [1.165, 1.54) is 5.56 Å². The number of ketones is 1. The highest BCUT2D eigenvalue weighted by molar-refractivity contribution is 6.01. The molecule has 2 unspecified atom stereocenters. The third-order valence-corrected chi connectivity index (χ3v) is 6.28. The van der Waals surface area contributed by atoms with Gasteiger partial charge in [0.2, 0.25) is 0 Å². The lowest BCUT2D eigenvalue weighted by molar-refractivity contribution is -0.116. The van der Waals surface area contributed by atoms with Crippen LogP contribution in [-0.2, 0) is 4.79 Å². The monoisotopic (exact) mass is 410 g/mol. The third-order valence-electron chi connectivity index (χ3n) is 6.28. The van der Waals surface area contributed by atoms with E-state index in [1.807, 2.05) is 30.3 Å². The number of aryl methyl sites for hydroxylation is 1. The highest BCUT2D eigenvalue weighted by Gasteiger charge is 2.36. The van der Waals surface area contributed by atoms with Crippen LogP contribution in [0.2, 0.25) is 0 Å². The minimum atomic E-state index is -0.175. The number of hydrogen-bond donors (Lipinski definition) is 2. The molecule has 1 aliphatic heterocycles. The maximum Gasteiger partial charge on any atom is 0.163 e. The van der Waals surface area contributed by atoms with Crippen molar-refractivity contribution in [3.8, 4) is 5.75 Å². The Kier molecular flexibility index (Phi) is 4.99. The summed E-state index contributed by atoms with van der Waals surface area (Å²) in [5, 5.41) is 7.23. The van der Waals surface area contributed by atoms with Crippen LogP contribution in [0.25, 0.3) is 0 Å². The second kappa shape index (κ2) is 7.95. The molecule has 0 spiro atoms. The number of fused-ring (bicyclic) bond motifs is 1. The van der Waals surface area contributed by atoms with Gasteiger partial charge in [-0.3, -0.25) is 4.79 Å². The molecule has 1 aliphatic carbocycles. The topological polar surface area (TPSA) is 50.4 Å². The van der Waals surface area contributed by atoms with Crippen molar-refractivity contribution in [1.82, 2.24) is 0 Å². The van der Waals surface area contributed by atoms with Gasteiger partial charge >= 0.3 is 0 Å². The highest BCUT2D eigenvalue weighted by atomic mass is 16.5. The van der Waals surface area contributed by atoms with Gasteiger partial charge in [0.25, 0.3) is 0 Å². The molecule has 0 bridgehead atoms. The van der Waals surface area contributed by atoms with E-state index < -0.39 is 0 Å². The first kappa shape index (κ1) is 19.4. The maximum atomic E-state index is 13.6. The summed E-state index contributed by atoms with van der Waals surface area (Å²) in [6, 6.07) is 24.5. The van der Waals surface area contributed by atoms with Crippen molar-refractivity contribution < 1.29 is 9.53 Å². The number of carbonyl (C=O) groups is 1. The number of rotatable bonds is 3. The first-order chi connectivity index (χ1) is 15.1. The Hall–Kier alpha value is -3.53. The summed E-state index contributed by atoms with van der Waals surface area (Å²) in [6.45, 7) is 2.08. The van der Waals surface area contributed by atoms with Crippen molar-refractivity contribution in [3.63, 3.8) is 0 Å². The van der Waals surface area contributed by atoms with Gasteiger partial charge in [-0.15, -0.1) is 0 Å². The first-order valence-corrected chi connectivity index (χ1v) is 10.7. The van der Waals surface area contributed by atoms with Crippen LogP contribution in [-0.4, -0.2) is 12.9 Å². The fourth-order valence-corrected chi connectivity index (χ4v) is 4.63. The van der Waals surface area contributed by atoms with Gasteiger partial charge in [-0.1, -0.05) is 54.1 Å². The van der Waals surface area contributed by atoms with Crippen LogP contribution in [0.4, 0.5) is 11.4 Å². The Bertz CT molecular complexity index is 1160. The van der Waals surface area contributed by atoms with Crippen LogP contribution in [0.1, 0.15) is 41.5 Å². The Morgan fingerprint density at radius 2 is 1.65 bits per heavy atom. The van der Waals surface area contributed by atoms with Gasteiger partial charge in [-0.25, -0.2) is 0 Å². The summed E-state index contributed by atoms with van der Waals surface area (Å²) in [5.74, 6) is 1.13. The molecule has 4 heteroatoms. The minimum Gasteiger partial charge on any atom is -0.497 e. The van der Waals surface area contributed by atoms with Gasteiger partial charge in [-0.05, 0) is 54.7 Å². The standard InChI is InChI=1S/C27H26N2O2/c1-17-10-12-18(13-11-17)27-26-24(28-22-8-3-4-9-23(22)29-27)15-20(16-25(26)30)19-6-5-7-21(14-19)31-2/h3-14,20,27-29H,15-16H2,1-2H3. The Morgan fingerprint density at radius 1 is 0.871 bits per heavy atom. The fourth-order valence-electron chi connectivity index (χ4n) is 4.63. The normalized spacial score (nSPS) is 20.1. The van der Waals surface area contributed by atoms with E-state index in [0.29, 0.717) is 6.42 Å². The Labute approximate surface area is 183 Å². The SMILES string of the molecule is COc1cccc(C2CC(=O)C3=C(C2)Nc2ccccc2NC3c2ccc(C)cc2)c1. The smallest absolute Gasteiger partial charge is 0.163 e. The van der Waals surface area contributed by atoms with Crippen molar-refractivity contribution in [2.75, 3.05) is 17.7 Å². The zero-order valence-corrected chi connectivity index (χ0v) is 17.8. The molecular formula is C27H26N2O2. The number of nitrogens with one attached hydrogen (secondary N) is 2. The molecule has 0 radical (unpaired) electrons. The quantitative estimate of drug-likeness (QED) is 0.557. The predicted molar refractivity (Wildman–Crippen MR) is 125 cm³/mol. The fraction of sp³-hybridized carbons (Fsp3) is 0.222. The molecule has 0 saturated heterocycles. The average molecular weight is 411 g/mol. The average Bonchev–Trinajstić information content (AvgIpc) is 2.96. The van der Waals surface area contributed by atoms with Crippen molar-refractivity contribution in [1.29, 1.82) is 0 Å². The molecular weight excluding hydrogens is 384 g/mol. The van der Waals surface area contributed by atoms with Crippen LogP contribution in [0.15, 0.2) is 84.1 Å². The van der Waals surface area contributed by atoms with Crippen LogP contribution in [0.3, 0.4) is 0 Å². The number of benzene rings is 3. The Balaban J connectivity index is 1.59. The van der Waals surface area contributed by atoms with Crippen molar-refractivity contribution in [2.45, 2.75) is 31.7 Å². The van der Waals surface area contributed by atoms with Gasteiger partial charge in [-0.2, -0.15) is 0 Å². The van der Waals surface area contributed by atoms with E-state index in [2.05, 4.69) is 60.0 Å². The summed E-state index contributed by atoms with van der Waals surface area (Å²) >= 11 is 0. The molecule has 2 N–H and O–H groups in total. The summed E-state index contributed by atoms with van der Waals surface area (Å²) in [7, 11) is 1.67. The second-order valence-corrected chi connectivity index (χ2v) is 8.36. The molecule has 2 atom stereocenters. The summed E-state index contributed by atoms with van der Waals surface area (Å²) in [5.41, 5.74) is 7.31. The number of allylic oxidation sites excluding steroid dienone is 1. The van der Waals surface area contributed by atoms with E-state index in [1.54, 1.807) is 7.11 Å². The van der Waals surface area contributed by atoms with E-state index >= 15 is 0 Å². The number of methoxy groups -OCH3 is 1. The predicted octanol–water partition coefficient (Wildman–Crippen LogP) is 5.98. The molecule has 1 heterocycles. The summed E-state index contributed by atoms with van der Waals surface area (Å²) < 4.78 is 5.41. The number of ether oxygens (including phenoxy) is 1. The lowest BCUT2D eigenvalue weighted by atomic mass is 9.78. The van der Waals surface area contributed by atoms with Gasteiger partial charge in [0.1, 0.15) is 5.75 Å². The molecule has 0 aromatic heterocycles. The van der Waals surface area contributed by atoms with Crippen molar-refractivity contribution in [3.05, 3.63) is 101 Å². The summed E-state index contributed by atoms with van der Waals surface area (Å²) in [4.78, 5) is 13.6. The highest BCUT2D eigenvalue weighted by Crippen LogP contribution is 2.44. The van der Waals surface area contributed by atoms with Gasteiger partial charge in [0.15, 0.2) is 5.78 Å². The Morgan fingerprint density at radius 3 is 2.42 bits per heavy atom. The van der Waals surface area contributed by atoms with Gasteiger partial charge in [0.05, 0.1) is 24.5 Å². The number of Topliss-reactive ketones (excluding diaryl/α,β-unsaturated/α-hetero) is 1. The first-order valence-electron chi connectivity index (χ1n) is 10.7. The lowest BCUT2D eigenvalue weighted by Crippen LogP contribution is -2.26. The number of carbonyl (C=O) groups excluding carboxylic acids is 1. The summed E-state index contributed by atoms with van der Waals surface area (Å²) in [6.07, 6.45) is 1.28. The van der Waals surface area contributed by atoms with Crippen LogP contribution < -0.4 is 15.4 Å².